The number of thiocarbonyl (C=S) groups is 1. The summed E-state index contributed by atoms with van der Waals surface area (Å²) in [7, 11) is 0. The smallest absolute Gasteiger partial charge is 0.169 e. The van der Waals surface area contributed by atoms with Crippen molar-refractivity contribution in [3.63, 3.8) is 0 Å². The van der Waals surface area contributed by atoms with Gasteiger partial charge in [-0.15, -0.1) is 11.8 Å². The van der Waals surface area contributed by atoms with E-state index in [1.807, 2.05) is 17.8 Å². The van der Waals surface area contributed by atoms with E-state index >= 15 is 0 Å². The highest BCUT2D eigenvalue weighted by molar-refractivity contribution is 9.10. The molecule has 0 saturated carbocycles. The SMILES string of the molecule is S=C1NC(c2ccccc2)CN1CCSc1ccc(Br)cc1. The molecule has 2 aromatic rings. The molecule has 0 aliphatic carbocycles. The molecule has 2 nitrogen and oxygen atoms in total. The van der Waals surface area contributed by atoms with Gasteiger partial charge >= 0.3 is 0 Å². The van der Waals surface area contributed by atoms with E-state index in [2.05, 4.69) is 74.7 Å². The molecule has 0 spiro atoms. The van der Waals surface area contributed by atoms with Crippen LogP contribution in [0.25, 0.3) is 0 Å². The van der Waals surface area contributed by atoms with Gasteiger partial charge < -0.3 is 10.2 Å². The summed E-state index contributed by atoms with van der Waals surface area (Å²) in [4.78, 5) is 3.56. The summed E-state index contributed by atoms with van der Waals surface area (Å²) in [5.41, 5.74) is 1.30. The van der Waals surface area contributed by atoms with Gasteiger partial charge in [-0.05, 0) is 42.0 Å². The molecular formula is C17H17BrN2S2. The summed E-state index contributed by atoms with van der Waals surface area (Å²) in [6, 6.07) is 19.3. The Balaban J connectivity index is 1.51. The molecule has 1 N–H and O–H groups in total. The summed E-state index contributed by atoms with van der Waals surface area (Å²) in [5, 5.41) is 4.28. The molecule has 22 heavy (non-hydrogen) atoms. The first-order chi connectivity index (χ1) is 10.7. The van der Waals surface area contributed by atoms with Gasteiger partial charge in [-0.25, -0.2) is 0 Å². The van der Waals surface area contributed by atoms with Gasteiger partial charge in [-0.1, -0.05) is 46.3 Å². The van der Waals surface area contributed by atoms with E-state index in [0.717, 1.165) is 28.4 Å². The van der Waals surface area contributed by atoms with Crippen LogP contribution in [0, 0.1) is 0 Å². The van der Waals surface area contributed by atoms with Crippen molar-refractivity contribution in [2.24, 2.45) is 0 Å². The summed E-state index contributed by atoms with van der Waals surface area (Å²) in [6.45, 7) is 1.92. The fourth-order valence-electron chi connectivity index (χ4n) is 2.46. The van der Waals surface area contributed by atoms with Crippen LogP contribution in [0.15, 0.2) is 64.0 Å². The molecule has 2 aromatic carbocycles. The second kappa shape index (κ2) is 7.49. The lowest BCUT2D eigenvalue weighted by Gasteiger charge is -2.16. The first-order valence-corrected chi connectivity index (χ1v) is 9.40. The van der Waals surface area contributed by atoms with Gasteiger partial charge in [0, 0.05) is 28.2 Å². The predicted octanol–water partition coefficient (Wildman–Crippen LogP) is 4.47. The molecule has 1 heterocycles. The van der Waals surface area contributed by atoms with Crippen molar-refractivity contribution in [1.29, 1.82) is 0 Å². The number of nitrogens with one attached hydrogen (secondary N) is 1. The molecule has 1 unspecified atom stereocenters. The summed E-state index contributed by atoms with van der Waals surface area (Å²) < 4.78 is 1.12. The van der Waals surface area contributed by atoms with Crippen LogP contribution in [0.5, 0.6) is 0 Å². The van der Waals surface area contributed by atoms with Crippen LogP contribution in [0.1, 0.15) is 11.6 Å². The van der Waals surface area contributed by atoms with Gasteiger partial charge in [0.25, 0.3) is 0 Å². The average molecular weight is 393 g/mol. The Morgan fingerprint density at radius 1 is 1.14 bits per heavy atom. The van der Waals surface area contributed by atoms with Crippen LogP contribution in [0.2, 0.25) is 0 Å². The number of thioether (sulfide) groups is 1. The van der Waals surface area contributed by atoms with Crippen LogP contribution >= 0.6 is 39.9 Å². The molecule has 0 bridgehead atoms. The minimum Gasteiger partial charge on any atom is -0.354 e. The van der Waals surface area contributed by atoms with Gasteiger partial charge in [0.05, 0.1) is 6.04 Å². The average Bonchev–Trinajstić information content (AvgIpc) is 2.91. The molecule has 1 saturated heterocycles. The molecule has 1 aliphatic heterocycles. The zero-order valence-corrected chi connectivity index (χ0v) is 15.3. The minimum absolute atomic E-state index is 0.311. The summed E-state index contributed by atoms with van der Waals surface area (Å²) in [6.07, 6.45) is 0. The van der Waals surface area contributed by atoms with Gasteiger partial charge in [0.2, 0.25) is 0 Å². The maximum absolute atomic E-state index is 5.46. The van der Waals surface area contributed by atoms with E-state index in [1.165, 1.54) is 10.5 Å². The zero-order valence-electron chi connectivity index (χ0n) is 12.0. The summed E-state index contributed by atoms with van der Waals surface area (Å²) >= 11 is 10.8. The van der Waals surface area contributed by atoms with E-state index in [4.69, 9.17) is 12.2 Å². The van der Waals surface area contributed by atoms with Crippen LogP contribution < -0.4 is 5.32 Å². The van der Waals surface area contributed by atoms with Crippen molar-refractivity contribution >= 4 is 45.0 Å². The highest BCUT2D eigenvalue weighted by Gasteiger charge is 2.26. The van der Waals surface area contributed by atoms with Crippen molar-refractivity contribution in [3.8, 4) is 0 Å². The molecule has 0 aromatic heterocycles. The molecular weight excluding hydrogens is 376 g/mol. The van der Waals surface area contributed by atoms with Crippen LogP contribution in [0.4, 0.5) is 0 Å². The number of hydrogen-bond donors (Lipinski definition) is 1. The van der Waals surface area contributed by atoms with Crippen molar-refractivity contribution in [1.82, 2.24) is 10.2 Å². The number of rotatable bonds is 5. The molecule has 1 aliphatic rings. The molecule has 3 rings (SSSR count). The molecule has 0 amide bonds. The first kappa shape index (κ1) is 15.8. The Morgan fingerprint density at radius 2 is 1.86 bits per heavy atom. The lowest BCUT2D eigenvalue weighted by atomic mass is 10.1. The second-order valence-corrected chi connectivity index (χ2v) is 7.63. The lowest BCUT2D eigenvalue weighted by Crippen LogP contribution is -2.29. The van der Waals surface area contributed by atoms with Crippen molar-refractivity contribution in [2.45, 2.75) is 10.9 Å². The third kappa shape index (κ3) is 4.03. The fourth-order valence-corrected chi connectivity index (χ4v) is 3.91. The molecule has 1 atom stereocenters. The zero-order chi connectivity index (χ0) is 15.4. The molecule has 0 radical (unpaired) electrons. The van der Waals surface area contributed by atoms with E-state index in [9.17, 15) is 0 Å². The minimum atomic E-state index is 0.311. The van der Waals surface area contributed by atoms with Crippen molar-refractivity contribution < 1.29 is 0 Å². The normalized spacial score (nSPS) is 17.6. The Morgan fingerprint density at radius 3 is 2.59 bits per heavy atom. The van der Waals surface area contributed by atoms with Gasteiger partial charge in [0.1, 0.15) is 0 Å². The van der Waals surface area contributed by atoms with E-state index in [1.54, 1.807) is 0 Å². The number of nitrogens with zero attached hydrogens (tertiary/aromatic N) is 1. The molecule has 1 fully saturated rings. The van der Waals surface area contributed by atoms with Crippen LogP contribution in [0.3, 0.4) is 0 Å². The van der Waals surface area contributed by atoms with Crippen molar-refractivity contribution in [3.05, 3.63) is 64.6 Å². The Bertz CT molecular complexity index is 631. The maximum atomic E-state index is 5.46. The maximum Gasteiger partial charge on any atom is 0.169 e. The largest absolute Gasteiger partial charge is 0.354 e. The molecule has 5 heteroatoms. The number of hydrogen-bond acceptors (Lipinski definition) is 2. The number of halogens is 1. The first-order valence-electron chi connectivity index (χ1n) is 7.21. The second-order valence-electron chi connectivity index (χ2n) is 5.16. The highest BCUT2D eigenvalue weighted by Crippen LogP contribution is 2.23. The standard InChI is InChI=1S/C17H17BrN2S2/c18-14-6-8-15(9-7-14)22-11-10-20-12-16(19-17(20)21)13-4-2-1-3-5-13/h1-9,16H,10-12H2,(H,19,21). The Hall–Kier alpha value is -1.04. The fraction of sp³-hybridized carbons (Fsp3) is 0.235. The highest BCUT2D eigenvalue weighted by atomic mass is 79.9. The van der Waals surface area contributed by atoms with E-state index in [0.29, 0.717) is 6.04 Å². The van der Waals surface area contributed by atoms with E-state index in [-0.39, 0.29) is 0 Å². The summed E-state index contributed by atoms with van der Waals surface area (Å²) in [5.74, 6) is 1.03. The van der Waals surface area contributed by atoms with Crippen LogP contribution in [-0.4, -0.2) is 28.9 Å². The topological polar surface area (TPSA) is 15.3 Å². The van der Waals surface area contributed by atoms with Gasteiger partial charge in [-0.3, -0.25) is 0 Å². The van der Waals surface area contributed by atoms with Crippen molar-refractivity contribution in [2.75, 3.05) is 18.8 Å². The van der Waals surface area contributed by atoms with Gasteiger partial charge in [0.15, 0.2) is 5.11 Å². The third-order valence-corrected chi connectivity index (χ3v) is 5.53. The third-order valence-electron chi connectivity index (χ3n) is 3.63. The monoisotopic (exact) mass is 392 g/mol. The lowest BCUT2D eigenvalue weighted by molar-refractivity contribution is 0.464. The molecule has 114 valence electrons. The number of benzene rings is 2. The quantitative estimate of drug-likeness (QED) is 0.595. The van der Waals surface area contributed by atoms with E-state index < -0.39 is 0 Å². The Labute approximate surface area is 149 Å². The van der Waals surface area contributed by atoms with Gasteiger partial charge in [-0.2, -0.15) is 0 Å². The van der Waals surface area contributed by atoms with Crippen LogP contribution in [-0.2, 0) is 0 Å². The Kier molecular flexibility index (Phi) is 5.39. The predicted molar refractivity (Wildman–Crippen MR) is 101 cm³/mol.